The third kappa shape index (κ3) is 4.31. The van der Waals surface area contributed by atoms with Crippen LogP contribution in [0, 0.1) is 0 Å². The van der Waals surface area contributed by atoms with E-state index in [4.69, 9.17) is 0 Å². The Morgan fingerprint density at radius 3 is 2.41 bits per heavy atom. The summed E-state index contributed by atoms with van der Waals surface area (Å²) in [7, 11) is -3.82. The fourth-order valence-electron chi connectivity index (χ4n) is 1.76. The number of rotatable bonds is 6. The molecule has 0 atom stereocenters. The molecule has 1 aromatic carbocycles. The number of aryl methyl sites for hydroxylation is 1. The summed E-state index contributed by atoms with van der Waals surface area (Å²) in [6.07, 6.45) is -0.400. The Morgan fingerprint density at radius 2 is 1.86 bits per heavy atom. The van der Waals surface area contributed by atoms with Crippen LogP contribution in [0.15, 0.2) is 46.1 Å². The van der Waals surface area contributed by atoms with Crippen molar-refractivity contribution >= 4 is 10.0 Å². The Labute approximate surface area is 125 Å². The Kier molecular flexibility index (Phi) is 4.87. The third-order valence-electron chi connectivity index (χ3n) is 2.91. The first kappa shape index (κ1) is 16.5. The van der Waals surface area contributed by atoms with Gasteiger partial charge in [-0.15, -0.1) is 0 Å². The molecule has 0 fully saturated rings. The van der Waals surface area contributed by atoms with Crippen LogP contribution in [0.3, 0.4) is 0 Å². The highest BCUT2D eigenvalue weighted by Crippen LogP contribution is 2.29. The molecule has 0 unspecified atom stereocenters. The lowest BCUT2D eigenvalue weighted by Gasteiger charge is -2.09. The van der Waals surface area contributed by atoms with Crippen LogP contribution in [0.2, 0.25) is 0 Å². The third-order valence-corrected chi connectivity index (χ3v) is 4.39. The zero-order chi connectivity index (χ0) is 16.2. The van der Waals surface area contributed by atoms with E-state index >= 15 is 0 Å². The van der Waals surface area contributed by atoms with E-state index in [1.54, 1.807) is 0 Å². The number of alkyl halides is 3. The van der Waals surface area contributed by atoms with Crippen molar-refractivity contribution in [3.8, 4) is 0 Å². The molecule has 0 amide bonds. The molecule has 0 spiro atoms. The first-order valence-corrected chi connectivity index (χ1v) is 7.82. The molecule has 0 aliphatic rings. The predicted molar refractivity (Wildman–Crippen MR) is 71.5 cm³/mol. The summed E-state index contributed by atoms with van der Waals surface area (Å²) in [5.41, 5.74) is -0.0485. The average Bonchev–Trinajstić information content (AvgIpc) is 2.96. The number of aromatic nitrogens is 1. The van der Waals surface area contributed by atoms with Gasteiger partial charge in [0, 0.05) is 12.1 Å². The van der Waals surface area contributed by atoms with Crippen LogP contribution in [0.25, 0.3) is 0 Å². The second-order valence-corrected chi connectivity index (χ2v) is 6.32. The van der Waals surface area contributed by atoms with E-state index in [0.29, 0.717) is 12.8 Å². The van der Waals surface area contributed by atoms with Crippen LogP contribution in [-0.4, -0.2) is 20.1 Å². The van der Waals surface area contributed by atoms with E-state index in [2.05, 4.69) is 14.4 Å². The molecule has 1 aromatic heterocycles. The van der Waals surface area contributed by atoms with Gasteiger partial charge in [-0.25, -0.2) is 13.1 Å². The van der Waals surface area contributed by atoms with Crippen molar-refractivity contribution in [3.05, 3.63) is 47.9 Å². The Hall–Kier alpha value is -1.87. The molecule has 2 aromatic rings. The number of halogens is 3. The van der Waals surface area contributed by atoms with Crippen molar-refractivity contribution < 1.29 is 26.1 Å². The lowest BCUT2D eigenvalue weighted by atomic mass is 10.2. The second kappa shape index (κ2) is 6.49. The largest absolute Gasteiger partial charge is 0.416 e. The maximum Gasteiger partial charge on any atom is 0.416 e. The fraction of sp³-hybridized carbons (Fsp3) is 0.308. The van der Waals surface area contributed by atoms with Crippen LogP contribution in [0.5, 0.6) is 0 Å². The zero-order valence-electron chi connectivity index (χ0n) is 11.3. The number of hydrogen-bond donors (Lipinski definition) is 1. The first-order chi connectivity index (χ1) is 10.3. The topological polar surface area (TPSA) is 72.2 Å². The number of sulfonamides is 1. The zero-order valence-corrected chi connectivity index (χ0v) is 12.1. The summed E-state index contributed by atoms with van der Waals surface area (Å²) >= 11 is 0. The van der Waals surface area contributed by atoms with Gasteiger partial charge in [0.2, 0.25) is 10.0 Å². The van der Waals surface area contributed by atoms with E-state index < -0.39 is 21.8 Å². The standard InChI is InChI=1S/C13H13F3N2O3S/c14-13(15,16)11-3-5-12(6-4-11)22(19,20)18-7-1-2-10-8-17-21-9-10/h3-6,8-9,18H,1-2,7H2. The molecule has 22 heavy (non-hydrogen) atoms. The quantitative estimate of drug-likeness (QED) is 0.824. The van der Waals surface area contributed by atoms with E-state index in [9.17, 15) is 21.6 Å². The minimum absolute atomic E-state index is 0.161. The van der Waals surface area contributed by atoms with E-state index in [0.717, 1.165) is 29.8 Å². The summed E-state index contributed by atoms with van der Waals surface area (Å²) in [6, 6.07) is 3.35. The maximum atomic E-state index is 12.4. The second-order valence-electron chi connectivity index (χ2n) is 4.56. The molecule has 9 heteroatoms. The summed E-state index contributed by atoms with van der Waals surface area (Å²) < 4.78 is 68.1. The molecule has 5 nitrogen and oxygen atoms in total. The van der Waals surface area contributed by atoms with Crippen LogP contribution < -0.4 is 4.72 Å². The summed E-state index contributed by atoms with van der Waals surface area (Å²) in [5, 5.41) is 3.52. The first-order valence-electron chi connectivity index (χ1n) is 6.34. The normalized spacial score (nSPS) is 12.5. The summed E-state index contributed by atoms with van der Waals surface area (Å²) in [6.45, 7) is 0.161. The number of nitrogens with one attached hydrogen (secondary N) is 1. The van der Waals surface area contributed by atoms with E-state index in [1.807, 2.05) is 0 Å². The molecule has 0 aliphatic carbocycles. The minimum atomic E-state index is -4.49. The van der Waals surface area contributed by atoms with Gasteiger partial charge < -0.3 is 4.52 Å². The van der Waals surface area contributed by atoms with Gasteiger partial charge in [0.05, 0.1) is 16.7 Å². The molecule has 0 bridgehead atoms. The molecule has 0 radical (unpaired) electrons. The molecule has 1 heterocycles. The molecular formula is C13H13F3N2O3S. The van der Waals surface area contributed by atoms with Gasteiger partial charge >= 0.3 is 6.18 Å². The molecule has 0 saturated heterocycles. The smallest absolute Gasteiger partial charge is 0.364 e. The number of hydrogen-bond acceptors (Lipinski definition) is 4. The molecular weight excluding hydrogens is 321 g/mol. The van der Waals surface area contributed by atoms with Gasteiger partial charge in [-0.2, -0.15) is 13.2 Å². The lowest BCUT2D eigenvalue weighted by Crippen LogP contribution is -2.25. The monoisotopic (exact) mass is 334 g/mol. The van der Waals surface area contributed by atoms with Gasteiger partial charge in [0.15, 0.2) is 0 Å². The van der Waals surface area contributed by atoms with Crippen molar-refractivity contribution in [2.45, 2.75) is 23.9 Å². The van der Waals surface area contributed by atoms with Crippen molar-refractivity contribution in [1.82, 2.24) is 9.88 Å². The Balaban J connectivity index is 1.92. The SMILES string of the molecule is O=S(=O)(NCCCc1cnoc1)c1ccc(C(F)(F)F)cc1. The maximum absolute atomic E-state index is 12.4. The lowest BCUT2D eigenvalue weighted by molar-refractivity contribution is -0.137. The van der Waals surface area contributed by atoms with Gasteiger partial charge in [-0.05, 0) is 37.1 Å². The number of benzene rings is 1. The summed E-state index contributed by atoms with van der Waals surface area (Å²) in [4.78, 5) is -0.203. The van der Waals surface area contributed by atoms with Gasteiger partial charge in [-0.1, -0.05) is 5.16 Å². The highest BCUT2D eigenvalue weighted by atomic mass is 32.2. The Bertz CT molecular complexity index is 695. The fourth-order valence-corrected chi connectivity index (χ4v) is 2.83. The van der Waals surface area contributed by atoms with Crippen LogP contribution >= 0.6 is 0 Å². The molecule has 0 aliphatic heterocycles. The highest BCUT2D eigenvalue weighted by molar-refractivity contribution is 7.89. The molecule has 0 saturated carbocycles. The van der Waals surface area contributed by atoms with Gasteiger partial charge in [0.25, 0.3) is 0 Å². The van der Waals surface area contributed by atoms with Crippen molar-refractivity contribution in [3.63, 3.8) is 0 Å². The van der Waals surface area contributed by atoms with Crippen molar-refractivity contribution in [2.75, 3.05) is 6.54 Å². The van der Waals surface area contributed by atoms with E-state index in [-0.39, 0.29) is 11.4 Å². The van der Waals surface area contributed by atoms with E-state index in [1.165, 1.54) is 12.5 Å². The van der Waals surface area contributed by atoms with Gasteiger partial charge in [0.1, 0.15) is 6.26 Å². The number of nitrogens with zero attached hydrogens (tertiary/aromatic N) is 1. The summed E-state index contributed by atoms with van der Waals surface area (Å²) in [5.74, 6) is 0. The minimum Gasteiger partial charge on any atom is -0.364 e. The predicted octanol–water partition coefficient (Wildman–Crippen LogP) is 2.60. The van der Waals surface area contributed by atoms with Crippen LogP contribution in [-0.2, 0) is 22.6 Å². The van der Waals surface area contributed by atoms with Crippen LogP contribution in [0.4, 0.5) is 13.2 Å². The van der Waals surface area contributed by atoms with Gasteiger partial charge in [-0.3, -0.25) is 0 Å². The molecule has 120 valence electrons. The highest BCUT2D eigenvalue weighted by Gasteiger charge is 2.30. The molecule has 2 rings (SSSR count). The van der Waals surface area contributed by atoms with Crippen LogP contribution in [0.1, 0.15) is 17.5 Å². The Morgan fingerprint density at radius 1 is 1.18 bits per heavy atom. The molecule has 1 N–H and O–H groups in total. The van der Waals surface area contributed by atoms with Crippen molar-refractivity contribution in [2.24, 2.45) is 0 Å². The average molecular weight is 334 g/mol. The van der Waals surface area contributed by atoms with Crippen molar-refractivity contribution in [1.29, 1.82) is 0 Å².